The molecule has 1 aromatic heterocycles. The third kappa shape index (κ3) is 2.21. The van der Waals surface area contributed by atoms with E-state index in [1.807, 2.05) is 67.6 Å². The third-order valence-corrected chi connectivity index (χ3v) is 4.19. The van der Waals surface area contributed by atoms with Crippen LogP contribution in [-0.2, 0) is 11.3 Å². The van der Waals surface area contributed by atoms with Gasteiger partial charge >= 0.3 is 5.97 Å². The lowest BCUT2D eigenvalue weighted by Gasteiger charge is -2.13. The second-order valence-corrected chi connectivity index (χ2v) is 5.60. The van der Waals surface area contributed by atoms with Gasteiger partial charge in [0.25, 0.3) is 0 Å². The molecule has 0 unspecified atom stereocenters. The largest absolute Gasteiger partial charge is 0.457 e. The normalized spacial score (nSPS) is 12.8. The van der Waals surface area contributed by atoms with Gasteiger partial charge in [0, 0.05) is 16.7 Å². The minimum atomic E-state index is -0.255. The predicted octanol–water partition coefficient (Wildman–Crippen LogP) is 4.39. The van der Waals surface area contributed by atoms with Gasteiger partial charge in [0.1, 0.15) is 6.61 Å². The fraction of sp³-hybridized carbons (Fsp3) is 0.100. The molecule has 0 saturated carbocycles. The standard InChI is InChI=1S/C20H15NO2/c1-13-17-16(12-23-20(17)22)19(15-10-6-3-7-11-15)21-18(13)14-8-4-2-5-9-14/h2-11H,12H2,1H3. The first-order chi connectivity index (χ1) is 11.3. The van der Waals surface area contributed by atoms with Crippen LogP contribution in [0.3, 0.4) is 0 Å². The number of rotatable bonds is 2. The van der Waals surface area contributed by atoms with Gasteiger partial charge in [-0.1, -0.05) is 60.7 Å². The number of carbonyl (C=O) groups is 1. The molecule has 0 fully saturated rings. The van der Waals surface area contributed by atoms with Gasteiger partial charge in [0.15, 0.2) is 0 Å². The lowest BCUT2D eigenvalue weighted by atomic mass is 9.95. The highest BCUT2D eigenvalue weighted by Gasteiger charge is 2.29. The van der Waals surface area contributed by atoms with Crippen LogP contribution in [0, 0.1) is 6.92 Å². The van der Waals surface area contributed by atoms with E-state index in [9.17, 15) is 4.79 Å². The van der Waals surface area contributed by atoms with E-state index in [0.717, 1.165) is 33.6 Å². The summed E-state index contributed by atoms with van der Waals surface area (Å²) in [7, 11) is 0. The maximum absolute atomic E-state index is 12.2. The van der Waals surface area contributed by atoms with Crippen molar-refractivity contribution in [3.63, 3.8) is 0 Å². The summed E-state index contributed by atoms with van der Waals surface area (Å²) in [6, 6.07) is 19.9. The van der Waals surface area contributed by atoms with Crippen LogP contribution in [0.4, 0.5) is 0 Å². The Morgan fingerprint density at radius 1 is 0.870 bits per heavy atom. The lowest BCUT2D eigenvalue weighted by molar-refractivity contribution is 0.0535. The summed E-state index contributed by atoms with van der Waals surface area (Å²) in [4.78, 5) is 17.1. The molecule has 3 aromatic rings. The van der Waals surface area contributed by atoms with Crippen LogP contribution in [0.15, 0.2) is 60.7 Å². The summed E-state index contributed by atoms with van der Waals surface area (Å²) in [6.07, 6.45) is 0. The monoisotopic (exact) mass is 301 g/mol. The molecule has 112 valence electrons. The zero-order valence-corrected chi connectivity index (χ0v) is 12.7. The Morgan fingerprint density at radius 2 is 1.43 bits per heavy atom. The summed E-state index contributed by atoms with van der Waals surface area (Å²) in [5.74, 6) is -0.255. The van der Waals surface area contributed by atoms with Crippen molar-refractivity contribution in [2.45, 2.75) is 13.5 Å². The van der Waals surface area contributed by atoms with Gasteiger partial charge in [-0.25, -0.2) is 9.78 Å². The average Bonchev–Trinajstić information content (AvgIpc) is 2.99. The van der Waals surface area contributed by atoms with Gasteiger partial charge in [-0.15, -0.1) is 0 Å². The van der Waals surface area contributed by atoms with Gasteiger partial charge in [-0.2, -0.15) is 0 Å². The fourth-order valence-electron chi connectivity index (χ4n) is 3.06. The zero-order valence-electron chi connectivity index (χ0n) is 12.7. The second-order valence-electron chi connectivity index (χ2n) is 5.60. The molecule has 3 nitrogen and oxygen atoms in total. The molecule has 0 amide bonds. The molecule has 0 radical (unpaired) electrons. The molecule has 0 saturated heterocycles. The van der Waals surface area contributed by atoms with Crippen molar-refractivity contribution < 1.29 is 9.53 Å². The number of ether oxygens (including phenoxy) is 1. The molecular formula is C20H15NO2. The van der Waals surface area contributed by atoms with Gasteiger partial charge in [0.05, 0.1) is 17.0 Å². The second kappa shape index (κ2) is 5.36. The van der Waals surface area contributed by atoms with E-state index in [2.05, 4.69) is 0 Å². The van der Waals surface area contributed by atoms with Gasteiger partial charge in [0.2, 0.25) is 0 Å². The van der Waals surface area contributed by atoms with Crippen LogP contribution in [0.2, 0.25) is 0 Å². The summed E-state index contributed by atoms with van der Waals surface area (Å²) in [6.45, 7) is 2.23. The lowest BCUT2D eigenvalue weighted by Crippen LogP contribution is -2.03. The molecule has 0 bridgehead atoms. The van der Waals surface area contributed by atoms with Crippen molar-refractivity contribution in [3.05, 3.63) is 77.4 Å². The van der Waals surface area contributed by atoms with Crippen molar-refractivity contribution >= 4 is 5.97 Å². The number of hydrogen-bond acceptors (Lipinski definition) is 3. The minimum absolute atomic E-state index is 0.255. The van der Waals surface area contributed by atoms with Crippen molar-refractivity contribution in [1.29, 1.82) is 0 Å². The molecule has 0 spiro atoms. The molecule has 0 aliphatic carbocycles. The Kier molecular flexibility index (Phi) is 3.19. The molecule has 0 atom stereocenters. The van der Waals surface area contributed by atoms with Crippen LogP contribution in [0.25, 0.3) is 22.5 Å². The molecule has 4 rings (SSSR count). The Hall–Kier alpha value is -2.94. The van der Waals surface area contributed by atoms with E-state index in [1.165, 1.54) is 0 Å². The highest BCUT2D eigenvalue weighted by atomic mass is 16.5. The smallest absolute Gasteiger partial charge is 0.339 e. The summed E-state index contributed by atoms with van der Waals surface area (Å²) in [5, 5.41) is 0. The Bertz CT molecular complexity index is 887. The quantitative estimate of drug-likeness (QED) is 0.659. The molecule has 3 heteroatoms. The Labute approximate surface area is 134 Å². The van der Waals surface area contributed by atoms with Crippen molar-refractivity contribution in [2.24, 2.45) is 0 Å². The molecule has 1 aliphatic heterocycles. The first-order valence-corrected chi connectivity index (χ1v) is 7.57. The fourth-order valence-corrected chi connectivity index (χ4v) is 3.06. The summed E-state index contributed by atoms with van der Waals surface area (Å²) >= 11 is 0. The van der Waals surface area contributed by atoms with E-state index >= 15 is 0 Å². The number of nitrogens with zero attached hydrogens (tertiary/aromatic N) is 1. The zero-order chi connectivity index (χ0) is 15.8. The number of benzene rings is 2. The van der Waals surface area contributed by atoms with E-state index < -0.39 is 0 Å². The van der Waals surface area contributed by atoms with E-state index in [-0.39, 0.29) is 5.97 Å². The number of hydrogen-bond donors (Lipinski definition) is 0. The molecule has 1 aliphatic rings. The maximum Gasteiger partial charge on any atom is 0.339 e. The van der Waals surface area contributed by atoms with Crippen LogP contribution < -0.4 is 0 Å². The first kappa shape index (κ1) is 13.7. The SMILES string of the molecule is Cc1c(-c2ccccc2)nc(-c2ccccc2)c2c1C(=O)OC2. The maximum atomic E-state index is 12.2. The highest BCUT2D eigenvalue weighted by molar-refractivity contribution is 5.99. The van der Waals surface area contributed by atoms with Crippen molar-refractivity contribution in [1.82, 2.24) is 4.98 Å². The number of fused-ring (bicyclic) bond motifs is 1. The van der Waals surface area contributed by atoms with Crippen LogP contribution >= 0.6 is 0 Å². The number of aromatic nitrogens is 1. The van der Waals surface area contributed by atoms with Crippen molar-refractivity contribution in [3.8, 4) is 22.5 Å². The molecule has 23 heavy (non-hydrogen) atoms. The topological polar surface area (TPSA) is 39.2 Å². The Balaban J connectivity index is 2.03. The summed E-state index contributed by atoms with van der Waals surface area (Å²) < 4.78 is 5.28. The molecule has 0 N–H and O–H groups in total. The minimum Gasteiger partial charge on any atom is -0.457 e. The Morgan fingerprint density at radius 3 is 2.04 bits per heavy atom. The van der Waals surface area contributed by atoms with Crippen LogP contribution in [0.5, 0.6) is 0 Å². The highest BCUT2D eigenvalue weighted by Crippen LogP contribution is 2.36. The number of pyridine rings is 1. The molecule has 2 aromatic carbocycles. The number of esters is 1. The van der Waals surface area contributed by atoms with Gasteiger partial charge in [-0.05, 0) is 12.5 Å². The van der Waals surface area contributed by atoms with Crippen LogP contribution in [-0.4, -0.2) is 11.0 Å². The van der Waals surface area contributed by atoms with E-state index in [4.69, 9.17) is 9.72 Å². The molecule has 2 heterocycles. The number of carbonyl (C=O) groups excluding carboxylic acids is 1. The van der Waals surface area contributed by atoms with E-state index in [0.29, 0.717) is 12.2 Å². The first-order valence-electron chi connectivity index (χ1n) is 7.57. The average molecular weight is 301 g/mol. The van der Waals surface area contributed by atoms with Gasteiger partial charge in [-0.3, -0.25) is 0 Å². The van der Waals surface area contributed by atoms with E-state index in [1.54, 1.807) is 0 Å². The van der Waals surface area contributed by atoms with Crippen molar-refractivity contribution in [2.75, 3.05) is 0 Å². The molecular weight excluding hydrogens is 286 g/mol. The third-order valence-electron chi connectivity index (χ3n) is 4.19. The number of cyclic esters (lactones) is 1. The predicted molar refractivity (Wildman–Crippen MR) is 89.0 cm³/mol. The van der Waals surface area contributed by atoms with Gasteiger partial charge < -0.3 is 4.74 Å². The summed E-state index contributed by atoms with van der Waals surface area (Å²) in [5.41, 5.74) is 6.10. The van der Waals surface area contributed by atoms with Crippen LogP contribution in [0.1, 0.15) is 21.5 Å².